The van der Waals surface area contributed by atoms with Gasteiger partial charge in [-0.25, -0.2) is 15.0 Å². The fourth-order valence-corrected chi connectivity index (χ4v) is 2.19. The van der Waals surface area contributed by atoms with Crippen molar-refractivity contribution in [3.8, 4) is 17.5 Å². The summed E-state index contributed by atoms with van der Waals surface area (Å²) >= 11 is 0. The number of alkyl halides is 3. The van der Waals surface area contributed by atoms with E-state index in [9.17, 15) is 13.2 Å². The standard InChI is InChI=1S/C17H14F3N5O2/c1-25(15-14(21)6-3-7-22-15)11-9-23-16(24-10-11)26-12-4-2-5-13(8-12)27-17(18,19)20/h2-10H,21H2,1H3. The molecule has 0 fully saturated rings. The summed E-state index contributed by atoms with van der Waals surface area (Å²) < 4.78 is 46.1. The highest BCUT2D eigenvalue weighted by Crippen LogP contribution is 2.29. The minimum absolute atomic E-state index is 0.0368. The van der Waals surface area contributed by atoms with E-state index in [0.717, 1.165) is 12.1 Å². The van der Waals surface area contributed by atoms with E-state index in [-0.39, 0.29) is 11.8 Å². The van der Waals surface area contributed by atoms with Gasteiger partial charge in [-0.15, -0.1) is 13.2 Å². The van der Waals surface area contributed by atoms with Crippen LogP contribution < -0.4 is 20.1 Å². The Morgan fingerprint density at radius 2 is 1.70 bits per heavy atom. The summed E-state index contributed by atoms with van der Waals surface area (Å²) in [7, 11) is 1.75. The number of nitrogens with two attached hydrogens (primary N) is 1. The van der Waals surface area contributed by atoms with E-state index in [2.05, 4.69) is 19.7 Å². The maximum absolute atomic E-state index is 12.3. The highest BCUT2D eigenvalue weighted by Gasteiger charge is 2.31. The number of nitrogen functional groups attached to an aromatic ring is 1. The quantitative estimate of drug-likeness (QED) is 0.721. The van der Waals surface area contributed by atoms with Crippen LogP contribution >= 0.6 is 0 Å². The summed E-state index contributed by atoms with van der Waals surface area (Å²) in [5.41, 5.74) is 6.97. The molecule has 0 saturated heterocycles. The first-order valence-corrected chi connectivity index (χ1v) is 7.62. The van der Waals surface area contributed by atoms with E-state index in [1.165, 1.54) is 24.5 Å². The summed E-state index contributed by atoms with van der Waals surface area (Å²) in [6, 6.07) is 8.47. The van der Waals surface area contributed by atoms with Gasteiger partial charge in [-0.1, -0.05) is 6.07 Å². The molecule has 0 amide bonds. The van der Waals surface area contributed by atoms with Gasteiger partial charge < -0.3 is 20.1 Å². The van der Waals surface area contributed by atoms with Crippen molar-refractivity contribution in [1.29, 1.82) is 0 Å². The average Bonchev–Trinajstić information content (AvgIpc) is 2.61. The largest absolute Gasteiger partial charge is 0.573 e. The van der Waals surface area contributed by atoms with E-state index in [0.29, 0.717) is 17.2 Å². The first-order valence-electron chi connectivity index (χ1n) is 7.62. The highest BCUT2D eigenvalue weighted by atomic mass is 19.4. The fraction of sp³-hybridized carbons (Fsp3) is 0.118. The summed E-state index contributed by atoms with van der Waals surface area (Å²) in [4.78, 5) is 14.0. The Kier molecular flexibility index (Phi) is 4.97. The van der Waals surface area contributed by atoms with Crippen LogP contribution in [0.5, 0.6) is 17.5 Å². The van der Waals surface area contributed by atoms with Crippen molar-refractivity contribution < 1.29 is 22.6 Å². The summed E-state index contributed by atoms with van der Waals surface area (Å²) in [6.07, 6.45) is -0.218. The monoisotopic (exact) mass is 377 g/mol. The molecular formula is C17H14F3N5O2. The summed E-state index contributed by atoms with van der Waals surface area (Å²) in [5, 5.41) is 0. The Balaban J connectivity index is 1.73. The fourth-order valence-electron chi connectivity index (χ4n) is 2.19. The lowest BCUT2D eigenvalue weighted by atomic mass is 10.3. The molecule has 3 rings (SSSR count). The topological polar surface area (TPSA) is 86.4 Å². The number of halogens is 3. The summed E-state index contributed by atoms with van der Waals surface area (Å²) in [5.74, 6) is 0.237. The van der Waals surface area contributed by atoms with Crippen molar-refractivity contribution in [2.45, 2.75) is 6.36 Å². The maximum atomic E-state index is 12.3. The molecule has 0 unspecified atom stereocenters. The predicted octanol–water partition coefficient (Wildman–Crippen LogP) is 3.91. The van der Waals surface area contributed by atoms with E-state index < -0.39 is 12.1 Å². The lowest BCUT2D eigenvalue weighted by Gasteiger charge is -2.19. The molecule has 0 aliphatic heterocycles. The van der Waals surface area contributed by atoms with Gasteiger partial charge in [-0.3, -0.25) is 0 Å². The van der Waals surface area contributed by atoms with Crippen LogP contribution in [0.3, 0.4) is 0 Å². The number of nitrogens with zero attached hydrogens (tertiary/aromatic N) is 4. The van der Waals surface area contributed by atoms with Gasteiger partial charge >= 0.3 is 12.4 Å². The third-order valence-corrected chi connectivity index (χ3v) is 3.38. The Morgan fingerprint density at radius 1 is 1.00 bits per heavy atom. The molecule has 27 heavy (non-hydrogen) atoms. The SMILES string of the molecule is CN(c1cnc(Oc2cccc(OC(F)(F)F)c2)nc1)c1ncccc1N. The molecule has 0 aliphatic carbocycles. The minimum Gasteiger partial charge on any atom is -0.424 e. The third kappa shape index (κ3) is 4.75. The zero-order valence-electron chi connectivity index (χ0n) is 14.0. The van der Waals surface area contributed by atoms with Crippen LogP contribution in [-0.4, -0.2) is 28.4 Å². The predicted molar refractivity (Wildman–Crippen MR) is 91.9 cm³/mol. The molecule has 0 spiro atoms. The Hall–Kier alpha value is -3.56. The molecule has 0 atom stereocenters. The number of aromatic nitrogens is 3. The van der Waals surface area contributed by atoms with E-state index in [1.807, 2.05) is 0 Å². The molecule has 0 aliphatic rings. The van der Waals surface area contributed by atoms with Crippen LogP contribution in [0.25, 0.3) is 0 Å². The van der Waals surface area contributed by atoms with Crippen molar-refractivity contribution in [2.75, 3.05) is 17.7 Å². The number of hydrogen-bond acceptors (Lipinski definition) is 7. The molecule has 7 nitrogen and oxygen atoms in total. The Bertz CT molecular complexity index is 919. The van der Waals surface area contributed by atoms with Gasteiger partial charge in [0, 0.05) is 19.3 Å². The number of hydrogen-bond donors (Lipinski definition) is 1. The van der Waals surface area contributed by atoms with Crippen LogP contribution in [0.15, 0.2) is 55.0 Å². The van der Waals surface area contributed by atoms with Crippen molar-refractivity contribution >= 4 is 17.2 Å². The third-order valence-electron chi connectivity index (χ3n) is 3.38. The molecule has 1 aromatic carbocycles. The van der Waals surface area contributed by atoms with Crippen LogP contribution in [0.1, 0.15) is 0 Å². The number of anilines is 3. The number of benzene rings is 1. The number of ether oxygens (including phenoxy) is 2. The van der Waals surface area contributed by atoms with Gasteiger partial charge in [0.1, 0.15) is 11.5 Å². The molecule has 0 saturated carbocycles. The zero-order valence-corrected chi connectivity index (χ0v) is 14.0. The molecule has 2 heterocycles. The second kappa shape index (κ2) is 7.36. The molecule has 2 aromatic heterocycles. The molecule has 2 N–H and O–H groups in total. The van der Waals surface area contributed by atoms with Crippen LogP contribution in [-0.2, 0) is 0 Å². The number of pyridine rings is 1. The summed E-state index contributed by atoms with van der Waals surface area (Å²) in [6.45, 7) is 0. The van der Waals surface area contributed by atoms with E-state index in [4.69, 9.17) is 10.5 Å². The van der Waals surface area contributed by atoms with Crippen molar-refractivity contribution in [3.05, 3.63) is 55.0 Å². The molecule has 10 heteroatoms. The second-order valence-electron chi connectivity index (χ2n) is 5.32. The van der Waals surface area contributed by atoms with Gasteiger partial charge in [-0.2, -0.15) is 0 Å². The number of rotatable bonds is 5. The Labute approximate surface area is 152 Å². The first-order chi connectivity index (χ1) is 12.8. The minimum atomic E-state index is -4.78. The first kappa shape index (κ1) is 18.2. The van der Waals surface area contributed by atoms with Crippen LogP contribution in [0.4, 0.5) is 30.4 Å². The second-order valence-corrected chi connectivity index (χ2v) is 5.32. The van der Waals surface area contributed by atoms with Crippen LogP contribution in [0.2, 0.25) is 0 Å². The molecule has 0 bridgehead atoms. The lowest BCUT2D eigenvalue weighted by molar-refractivity contribution is -0.274. The Morgan fingerprint density at radius 3 is 2.37 bits per heavy atom. The van der Waals surface area contributed by atoms with Crippen LogP contribution in [0, 0.1) is 0 Å². The van der Waals surface area contributed by atoms with Gasteiger partial charge in [0.2, 0.25) is 0 Å². The van der Waals surface area contributed by atoms with Gasteiger partial charge in [0.25, 0.3) is 0 Å². The molecule has 0 radical (unpaired) electrons. The van der Waals surface area contributed by atoms with Crippen molar-refractivity contribution in [3.63, 3.8) is 0 Å². The molecule has 140 valence electrons. The normalized spacial score (nSPS) is 11.1. The van der Waals surface area contributed by atoms with Gasteiger partial charge in [-0.05, 0) is 24.3 Å². The van der Waals surface area contributed by atoms with E-state index >= 15 is 0 Å². The molecular weight excluding hydrogens is 363 g/mol. The smallest absolute Gasteiger partial charge is 0.424 e. The maximum Gasteiger partial charge on any atom is 0.573 e. The zero-order chi connectivity index (χ0) is 19.4. The van der Waals surface area contributed by atoms with Gasteiger partial charge in [0.15, 0.2) is 5.82 Å². The van der Waals surface area contributed by atoms with Crippen molar-refractivity contribution in [1.82, 2.24) is 15.0 Å². The molecule has 3 aromatic rings. The van der Waals surface area contributed by atoms with Crippen molar-refractivity contribution in [2.24, 2.45) is 0 Å². The highest BCUT2D eigenvalue weighted by molar-refractivity contribution is 5.69. The lowest BCUT2D eigenvalue weighted by Crippen LogP contribution is -2.17. The average molecular weight is 377 g/mol. The van der Waals surface area contributed by atoms with Gasteiger partial charge in [0.05, 0.1) is 23.8 Å². The van der Waals surface area contributed by atoms with E-state index in [1.54, 1.807) is 30.3 Å².